The van der Waals surface area contributed by atoms with Crippen molar-refractivity contribution >= 4 is 16.9 Å². The number of rotatable bonds is 3. The van der Waals surface area contributed by atoms with E-state index >= 15 is 0 Å². The average molecular weight is 273 g/mol. The lowest BCUT2D eigenvalue weighted by molar-refractivity contribution is 0.0524. The SMILES string of the molecule is CCOC(=O)c1cn(CC)c2c(C)c(C)ccc2c1=O. The maximum Gasteiger partial charge on any atom is 0.343 e. The van der Waals surface area contributed by atoms with Gasteiger partial charge in [-0.25, -0.2) is 4.79 Å². The van der Waals surface area contributed by atoms with Gasteiger partial charge in [-0.05, 0) is 44.9 Å². The molecule has 0 aliphatic rings. The van der Waals surface area contributed by atoms with Gasteiger partial charge in [-0.3, -0.25) is 4.79 Å². The minimum atomic E-state index is -0.556. The van der Waals surface area contributed by atoms with Crippen LogP contribution >= 0.6 is 0 Å². The molecule has 20 heavy (non-hydrogen) atoms. The van der Waals surface area contributed by atoms with Crippen LogP contribution in [0.25, 0.3) is 10.9 Å². The topological polar surface area (TPSA) is 48.3 Å². The summed E-state index contributed by atoms with van der Waals surface area (Å²) in [6, 6.07) is 3.70. The van der Waals surface area contributed by atoms with Crippen molar-refractivity contribution < 1.29 is 9.53 Å². The van der Waals surface area contributed by atoms with E-state index in [9.17, 15) is 9.59 Å². The number of carbonyl (C=O) groups excluding carboxylic acids is 1. The Labute approximate surface area is 118 Å². The Kier molecular flexibility index (Phi) is 3.93. The zero-order chi connectivity index (χ0) is 14.9. The molecule has 0 aliphatic heterocycles. The normalized spacial score (nSPS) is 10.8. The first-order chi connectivity index (χ1) is 9.51. The van der Waals surface area contributed by atoms with Gasteiger partial charge in [0.05, 0.1) is 12.1 Å². The molecule has 1 aromatic carbocycles. The third-order valence-corrected chi connectivity index (χ3v) is 3.60. The molecule has 0 saturated carbocycles. The molecule has 4 heteroatoms. The van der Waals surface area contributed by atoms with Crippen molar-refractivity contribution in [3.8, 4) is 0 Å². The second-order valence-corrected chi connectivity index (χ2v) is 4.78. The molecule has 0 atom stereocenters. The molecule has 0 fully saturated rings. The van der Waals surface area contributed by atoms with Crippen LogP contribution in [0.2, 0.25) is 0 Å². The third-order valence-electron chi connectivity index (χ3n) is 3.60. The van der Waals surface area contributed by atoms with Crippen molar-refractivity contribution in [1.29, 1.82) is 0 Å². The van der Waals surface area contributed by atoms with Crippen LogP contribution in [-0.2, 0) is 11.3 Å². The van der Waals surface area contributed by atoms with E-state index in [2.05, 4.69) is 0 Å². The highest BCUT2D eigenvalue weighted by Crippen LogP contribution is 2.20. The number of pyridine rings is 1. The van der Waals surface area contributed by atoms with Crippen molar-refractivity contribution in [3.63, 3.8) is 0 Å². The summed E-state index contributed by atoms with van der Waals surface area (Å²) in [5.41, 5.74) is 2.93. The summed E-state index contributed by atoms with van der Waals surface area (Å²) in [6.45, 7) is 8.67. The fourth-order valence-corrected chi connectivity index (χ4v) is 2.38. The smallest absolute Gasteiger partial charge is 0.343 e. The quantitative estimate of drug-likeness (QED) is 0.808. The Morgan fingerprint density at radius 2 is 1.95 bits per heavy atom. The zero-order valence-corrected chi connectivity index (χ0v) is 12.3. The van der Waals surface area contributed by atoms with Gasteiger partial charge in [0.1, 0.15) is 5.56 Å². The number of nitrogens with zero attached hydrogens (tertiary/aromatic N) is 1. The van der Waals surface area contributed by atoms with Crippen molar-refractivity contribution in [1.82, 2.24) is 4.57 Å². The minimum Gasteiger partial charge on any atom is -0.462 e. The molecule has 0 unspecified atom stereocenters. The number of esters is 1. The number of benzene rings is 1. The molecule has 0 saturated heterocycles. The molecular weight excluding hydrogens is 254 g/mol. The molecule has 0 radical (unpaired) electrons. The zero-order valence-electron chi connectivity index (χ0n) is 12.3. The maximum atomic E-state index is 12.5. The number of hydrogen-bond acceptors (Lipinski definition) is 3. The van der Waals surface area contributed by atoms with Gasteiger partial charge in [0.15, 0.2) is 0 Å². The molecule has 2 rings (SSSR count). The number of hydrogen-bond donors (Lipinski definition) is 0. The molecule has 2 aromatic rings. The fraction of sp³-hybridized carbons (Fsp3) is 0.375. The largest absolute Gasteiger partial charge is 0.462 e. The van der Waals surface area contributed by atoms with E-state index in [0.29, 0.717) is 11.9 Å². The predicted octanol–water partition coefficient (Wildman–Crippen LogP) is 2.81. The fourth-order valence-electron chi connectivity index (χ4n) is 2.38. The van der Waals surface area contributed by atoms with E-state index in [1.807, 2.05) is 31.4 Å². The van der Waals surface area contributed by atoms with E-state index in [0.717, 1.165) is 16.6 Å². The van der Waals surface area contributed by atoms with Gasteiger partial charge in [0.2, 0.25) is 5.43 Å². The van der Waals surface area contributed by atoms with Crippen LogP contribution in [0.1, 0.15) is 35.3 Å². The van der Waals surface area contributed by atoms with Crippen LogP contribution in [0, 0.1) is 13.8 Å². The first-order valence-electron chi connectivity index (χ1n) is 6.81. The van der Waals surface area contributed by atoms with E-state index in [1.165, 1.54) is 0 Å². The van der Waals surface area contributed by atoms with Crippen molar-refractivity contribution in [2.75, 3.05) is 6.61 Å². The second-order valence-electron chi connectivity index (χ2n) is 4.78. The van der Waals surface area contributed by atoms with Crippen LogP contribution in [0.3, 0.4) is 0 Å². The number of fused-ring (bicyclic) bond motifs is 1. The van der Waals surface area contributed by atoms with Gasteiger partial charge in [0, 0.05) is 18.1 Å². The minimum absolute atomic E-state index is 0.101. The van der Waals surface area contributed by atoms with Crippen molar-refractivity contribution in [2.24, 2.45) is 0 Å². The Morgan fingerprint density at radius 1 is 1.25 bits per heavy atom. The summed E-state index contributed by atoms with van der Waals surface area (Å²) in [5.74, 6) is -0.556. The molecule has 4 nitrogen and oxygen atoms in total. The Balaban J connectivity index is 2.84. The number of aromatic nitrogens is 1. The summed E-state index contributed by atoms with van der Waals surface area (Å²) in [7, 11) is 0. The lowest BCUT2D eigenvalue weighted by Crippen LogP contribution is -2.21. The van der Waals surface area contributed by atoms with E-state index in [-0.39, 0.29) is 17.6 Å². The first-order valence-corrected chi connectivity index (χ1v) is 6.81. The van der Waals surface area contributed by atoms with Crippen LogP contribution in [0.5, 0.6) is 0 Å². The molecule has 0 aliphatic carbocycles. The summed E-state index contributed by atoms with van der Waals surface area (Å²) >= 11 is 0. The lowest BCUT2D eigenvalue weighted by Gasteiger charge is -2.14. The predicted molar refractivity (Wildman–Crippen MR) is 79.3 cm³/mol. The first kappa shape index (κ1) is 14.3. The summed E-state index contributed by atoms with van der Waals surface area (Å²) < 4.78 is 6.89. The van der Waals surface area contributed by atoms with Gasteiger partial charge in [-0.1, -0.05) is 6.07 Å². The second kappa shape index (κ2) is 5.49. The molecule has 0 amide bonds. The van der Waals surface area contributed by atoms with Gasteiger partial charge >= 0.3 is 5.97 Å². The van der Waals surface area contributed by atoms with Crippen LogP contribution < -0.4 is 5.43 Å². The highest BCUT2D eigenvalue weighted by Gasteiger charge is 2.17. The van der Waals surface area contributed by atoms with E-state index < -0.39 is 5.97 Å². The maximum absolute atomic E-state index is 12.5. The number of carbonyl (C=O) groups is 1. The number of ether oxygens (including phenoxy) is 1. The molecule has 1 aromatic heterocycles. The van der Waals surface area contributed by atoms with E-state index in [1.54, 1.807) is 19.2 Å². The standard InChI is InChI=1S/C16H19NO3/c1-5-17-9-13(16(19)20-6-2)15(18)12-8-7-10(3)11(4)14(12)17/h7-9H,5-6H2,1-4H3. The van der Waals surface area contributed by atoms with Gasteiger partial charge in [-0.2, -0.15) is 0 Å². The Bertz CT molecular complexity index is 729. The van der Waals surface area contributed by atoms with Crippen molar-refractivity contribution in [3.05, 3.63) is 45.2 Å². The van der Waals surface area contributed by atoms with E-state index in [4.69, 9.17) is 4.74 Å². The van der Waals surface area contributed by atoms with Crippen molar-refractivity contribution in [2.45, 2.75) is 34.2 Å². The van der Waals surface area contributed by atoms with Gasteiger partial charge < -0.3 is 9.30 Å². The molecule has 1 heterocycles. The average Bonchev–Trinajstić information content (AvgIpc) is 2.43. The Morgan fingerprint density at radius 3 is 2.55 bits per heavy atom. The van der Waals surface area contributed by atoms with Crippen LogP contribution in [-0.4, -0.2) is 17.1 Å². The Hall–Kier alpha value is -2.10. The number of aryl methyl sites for hydroxylation is 3. The van der Waals surface area contributed by atoms with Gasteiger partial charge in [-0.15, -0.1) is 0 Å². The highest BCUT2D eigenvalue weighted by molar-refractivity contribution is 5.94. The van der Waals surface area contributed by atoms with Gasteiger partial charge in [0.25, 0.3) is 0 Å². The molecule has 0 N–H and O–H groups in total. The molecular formula is C16H19NO3. The monoisotopic (exact) mass is 273 g/mol. The lowest BCUT2D eigenvalue weighted by atomic mass is 10.0. The molecule has 0 spiro atoms. The summed E-state index contributed by atoms with van der Waals surface area (Å²) in [6.07, 6.45) is 1.61. The molecule has 106 valence electrons. The third kappa shape index (κ3) is 2.22. The highest BCUT2D eigenvalue weighted by atomic mass is 16.5. The summed E-state index contributed by atoms with van der Waals surface area (Å²) in [5, 5.41) is 0.570. The molecule has 0 bridgehead atoms. The van der Waals surface area contributed by atoms with Crippen LogP contribution in [0.15, 0.2) is 23.1 Å². The summed E-state index contributed by atoms with van der Waals surface area (Å²) in [4.78, 5) is 24.4. The van der Waals surface area contributed by atoms with Crippen LogP contribution in [0.4, 0.5) is 0 Å².